The van der Waals surface area contributed by atoms with Gasteiger partial charge in [0.25, 0.3) is 11.8 Å². The van der Waals surface area contributed by atoms with Crippen molar-refractivity contribution in [1.29, 1.82) is 0 Å². The maximum Gasteiger partial charge on any atom is 0.274 e. The van der Waals surface area contributed by atoms with E-state index in [0.717, 1.165) is 33.8 Å². The third kappa shape index (κ3) is 3.48. The van der Waals surface area contributed by atoms with E-state index in [2.05, 4.69) is 15.3 Å². The largest absolute Gasteiger partial charge is 0.375 e. The number of aromatic nitrogens is 3. The van der Waals surface area contributed by atoms with Crippen molar-refractivity contribution in [2.75, 3.05) is 12.3 Å². The van der Waals surface area contributed by atoms with E-state index >= 15 is 0 Å². The molecule has 1 aliphatic heterocycles. The normalized spacial score (nSPS) is 21.1. The highest BCUT2D eigenvalue weighted by Gasteiger charge is 2.54. The first-order valence-corrected chi connectivity index (χ1v) is 13.0. The lowest BCUT2D eigenvalue weighted by Crippen LogP contribution is -2.45. The minimum atomic E-state index is -0.172. The highest BCUT2D eigenvalue weighted by Crippen LogP contribution is 2.49. The van der Waals surface area contributed by atoms with Crippen molar-refractivity contribution in [2.24, 2.45) is 5.92 Å². The van der Waals surface area contributed by atoms with E-state index in [9.17, 15) is 9.59 Å². The minimum Gasteiger partial charge on any atom is -0.375 e. The van der Waals surface area contributed by atoms with Crippen LogP contribution in [0.15, 0.2) is 35.8 Å². The van der Waals surface area contributed by atoms with Crippen LogP contribution in [0.2, 0.25) is 0 Å². The number of likely N-dealkylation sites (tertiary alicyclic amines) is 1. The van der Waals surface area contributed by atoms with Gasteiger partial charge in [0.05, 0.1) is 16.6 Å². The Kier molecular flexibility index (Phi) is 4.96. The molecular formula is C24H24N6O2S2. The number of anilines is 1. The number of carbonyl (C=O) groups excluding carboxylic acids is 2. The number of nitrogens with one attached hydrogen (secondary N) is 1. The number of imidazole rings is 1. The Bertz CT molecular complexity index is 1440. The van der Waals surface area contributed by atoms with Gasteiger partial charge in [-0.25, -0.2) is 9.97 Å². The zero-order chi connectivity index (χ0) is 23.6. The standard InChI is InChI=1S/C24H24N6O2S2/c1-12-4-3-5-14(8-12)20-18(28-23(25)34-20)22(32)30-16(9-15-10-17(15)30)11-26-21(31)19-13(2)27-24-29(19)6-7-33-24/h3-8,15-17H,9-11H2,1-2H3,(H2,25,28)(H,26,31). The molecule has 1 saturated heterocycles. The van der Waals surface area contributed by atoms with E-state index in [0.29, 0.717) is 34.7 Å². The van der Waals surface area contributed by atoms with E-state index in [-0.39, 0.29) is 23.9 Å². The van der Waals surface area contributed by atoms with Gasteiger partial charge in [-0.05, 0) is 38.2 Å². The number of aryl methyl sites for hydroxylation is 2. The first kappa shape index (κ1) is 21.3. The SMILES string of the molecule is Cc1cccc(-c2sc(N)nc2C(=O)N2C(CNC(=O)c3c(C)nc4sccn34)CC3CC32)c1. The van der Waals surface area contributed by atoms with Crippen molar-refractivity contribution in [2.45, 2.75) is 38.8 Å². The van der Waals surface area contributed by atoms with Gasteiger partial charge < -0.3 is 16.0 Å². The van der Waals surface area contributed by atoms with Gasteiger partial charge in [-0.2, -0.15) is 0 Å². The predicted octanol–water partition coefficient (Wildman–Crippen LogP) is 3.75. The van der Waals surface area contributed by atoms with Crippen LogP contribution in [-0.4, -0.2) is 49.7 Å². The molecule has 3 N–H and O–H groups in total. The molecule has 8 nitrogen and oxygen atoms in total. The summed E-state index contributed by atoms with van der Waals surface area (Å²) < 4.78 is 1.82. The molecule has 10 heteroatoms. The zero-order valence-electron chi connectivity index (χ0n) is 18.8. The molecule has 6 rings (SSSR count). The number of fused-ring (bicyclic) bond motifs is 2. The van der Waals surface area contributed by atoms with Crippen LogP contribution in [-0.2, 0) is 0 Å². The Labute approximate surface area is 204 Å². The van der Waals surface area contributed by atoms with Gasteiger partial charge in [-0.3, -0.25) is 14.0 Å². The quantitative estimate of drug-likeness (QED) is 0.441. The van der Waals surface area contributed by atoms with Gasteiger partial charge in [0.2, 0.25) is 0 Å². The highest BCUT2D eigenvalue weighted by atomic mass is 32.1. The number of nitrogens with two attached hydrogens (primary N) is 1. The van der Waals surface area contributed by atoms with Crippen LogP contribution in [0, 0.1) is 19.8 Å². The number of hydrogen-bond acceptors (Lipinski definition) is 7. The summed E-state index contributed by atoms with van der Waals surface area (Å²) in [5, 5.41) is 5.35. The fourth-order valence-corrected chi connectivity index (χ4v) is 6.69. The van der Waals surface area contributed by atoms with Crippen molar-refractivity contribution in [3.63, 3.8) is 0 Å². The number of nitrogens with zero attached hydrogens (tertiary/aromatic N) is 4. The first-order chi connectivity index (χ1) is 16.4. The number of piperidine rings is 1. The summed E-state index contributed by atoms with van der Waals surface area (Å²) in [4.78, 5) is 39.2. The lowest BCUT2D eigenvalue weighted by molar-refractivity contribution is 0.0684. The molecule has 2 fully saturated rings. The molecule has 1 saturated carbocycles. The van der Waals surface area contributed by atoms with Crippen LogP contribution >= 0.6 is 22.7 Å². The Morgan fingerprint density at radius 2 is 2.09 bits per heavy atom. The number of rotatable bonds is 5. The van der Waals surface area contributed by atoms with Gasteiger partial charge >= 0.3 is 0 Å². The van der Waals surface area contributed by atoms with Gasteiger partial charge in [-0.1, -0.05) is 41.2 Å². The van der Waals surface area contributed by atoms with Crippen molar-refractivity contribution in [1.82, 2.24) is 24.6 Å². The fourth-order valence-electron chi connectivity index (χ4n) is 5.11. The lowest BCUT2D eigenvalue weighted by atomic mass is 10.1. The van der Waals surface area contributed by atoms with E-state index in [1.54, 1.807) is 0 Å². The molecule has 2 amide bonds. The maximum atomic E-state index is 13.7. The molecule has 1 aliphatic carbocycles. The van der Waals surface area contributed by atoms with E-state index in [1.807, 2.05) is 59.0 Å². The lowest BCUT2D eigenvalue weighted by Gasteiger charge is -2.27. The van der Waals surface area contributed by atoms with E-state index in [1.165, 1.54) is 22.7 Å². The minimum absolute atomic E-state index is 0.0697. The molecule has 0 spiro atoms. The topological polar surface area (TPSA) is 106 Å². The zero-order valence-corrected chi connectivity index (χ0v) is 20.4. The molecule has 3 atom stereocenters. The molecule has 4 heterocycles. The van der Waals surface area contributed by atoms with Crippen molar-refractivity contribution in [3.8, 4) is 10.4 Å². The van der Waals surface area contributed by atoms with Gasteiger partial charge in [0.15, 0.2) is 10.1 Å². The van der Waals surface area contributed by atoms with Gasteiger partial charge in [0, 0.05) is 24.2 Å². The molecule has 0 radical (unpaired) electrons. The van der Waals surface area contributed by atoms with Gasteiger partial charge in [-0.15, -0.1) is 11.3 Å². The van der Waals surface area contributed by atoms with Crippen molar-refractivity contribution >= 4 is 44.6 Å². The second-order valence-corrected chi connectivity index (χ2v) is 11.0. The second-order valence-electron chi connectivity index (χ2n) is 9.08. The molecule has 4 aromatic rings. The average Bonchev–Trinajstić information content (AvgIpc) is 3.16. The monoisotopic (exact) mass is 492 g/mol. The molecule has 0 bridgehead atoms. The third-order valence-electron chi connectivity index (χ3n) is 6.72. The number of hydrogen-bond donors (Lipinski definition) is 2. The average molecular weight is 493 g/mol. The second kappa shape index (κ2) is 7.92. The Morgan fingerprint density at radius 1 is 1.24 bits per heavy atom. The molecule has 2 aliphatic rings. The molecule has 1 aromatic carbocycles. The Balaban J connectivity index is 1.24. The Morgan fingerprint density at radius 3 is 2.91 bits per heavy atom. The van der Waals surface area contributed by atoms with Crippen LogP contribution < -0.4 is 11.1 Å². The van der Waals surface area contributed by atoms with Gasteiger partial charge in [0.1, 0.15) is 11.4 Å². The summed E-state index contributed by atoms with van der Waals surface area (Å²) in [5.74, 6) is 0.216. The summed E-state index contributed by atoms with van der Waals surface area (Å²) in [6.45, 7) is 4.26. The van der Waals surface area contributed by atoms with Crippen LogP contribution in [0.5, 0.6) is 0 Å². The summed E-state index contributed by atoms with van der Waals surface area (Å²) in [6.07, 6.45) is 3.75. The maximum absolute atomic E-state index is 13.7. The number of thiazole rings is 2. The highest BCUT2D eigenvalue weighted by molar-refractivity contribution is 7.19. The van der Waals surface area contributed by atoms with Crippen molar-refractivity contribution < 1.29 is 9.59 Å². The predicted molar refractivity (Wildman–Crippen MR) is 133 cm³/mol. The molecule has 3 aromatic heterocycles. The molecular weight excluding hydrogens is 468 g/mol. The first-order valence-electron chi connectivity index (χ1n) is 11.3. The molecule has 174 valence electrons. The van der Waals surface area contributed by atoms with Crippen LogP contribution in [0.3, 0.4) is 0 Å². The molecule has 34 heavy (non-hydrogen) atoms. The van der Waals surface area contributed by atoms with E-state index < -0.39 is 0 Å². The fraction of sp³-hybridized carbons (Fsp3) is 0.333. The number of benzene rings is 1. The molecule has 3 unspecified atom stereocenters. The summed E-state index contributed by atoms with van der Waals surface area (Å²) in [5.41, 5.74) is 9.76. The Hall–Kier alpha value is -3.24. The summed E-state index contributed by atoms with van der Waals surface area (Å²) in [6, 6.07) is 8.17. The van der Waals surface area contributed by atoms with Crippen LogP contribution in [0.25, 0.3) is 15.4 Å². The number of nitrogen functional groups attached to an aromatic ring is 1. The number of carbonyl (C=O) groups is 2. The summed E-state index contributed by atoms with van der Waals surface area (Å²) in [7, 11) is 0. The van der Waals surface area contributed by atoms with Crippen LogP contribution in [0.4, 0.5) is 5.13 Å². The number of amides is 2. The van der Waals surface area contributed by atoms with E-state index in [4.69, 9.17) is 5.73 Å². The van der Waals surface area contributed by atoms with Crippen LogP contribution in [0.1, 0.15) is 45.1 Å². The van der Waals surface area contributed by atoms with Crippen molar-refractivity contribution in [3.05, 3.63) is 58.5 Å². The summed E-state index contributed by atoms with van der Waals surface area (Å²) >= 11 is 2.84. The smallest absolute Gasteiger partial charge is 0.274 e. The third-order valence-corrected chi connectivity index (χ3v) is 8.41.